The third-order valence-corrected chi connectivity index (χ3v) is 8.83. The van der Waals surface area contributed by atoms with Gasteiger partial charge in [-0.1, -0.05) is 121 Å². The molecule has 8 bridgehead atoms. The number of carbonyl (C=O) groups is 2. The molecule has 4 N–H and O–H groups in total. The third kappa shape index (κ3) is 9.05. The molecule has 248 valence electrons. The molecule has 0 spiro atoms. The molecule has 0 aromatic heterocycles. The number of hydrogen-bond acceptors (Lipinski definition) is 2. The average Bonchev–Trinajstić information content (AvgIpc) is 3.10. The Morgan fingerprint density at radius 3 is 1.04 bits per heavy atom. The molecule has 1 aliphatic carbocycles. The van der Waals surface area contributed by atoms with Crippen molar-refractivity contribution in [2.24, 2.45) is 0 Å². The summed E-state index contributed by atoms with van der Waals surface area (Å²) in [6.45, 7) is 0.916. The summed E-state index contributed by atoms with van der Waals surface area (Å²) in [7, 11) is 0. The van der Waals surface area contributed by atoms with E-state index in [9.17, 15) is 9.59 Å². The van der Waals surface area contributed by atoms with Crippen LogP contribution >= 0.6 is 0 Å². The van der Waals surface area contributed by atoms with E-state index in [4.69, 9.17) is 0 Å². The molecule has 0 radical (unpaired) electrons. The van der Waals surface area contributed by atoms with Crippen LogP contribution in [-0.2, 0) is 38.8 Å². The molecule has 6 aromatic rings. The highest BCUT2D eigenvalue weighted by Gasteiger charge is 2.12. The van der Waals surface area contributed by atoms with E-state index in [1.54, 1.807) is 0 Å². The van der Waals surface area contributed by atoms with Crippen molar-refractivity contribution < 1.29 is 9.59 Å². The molecule has 6 aromatic carbocycles. The first-order chi connectivity index (χ1) is 24.5. The van der Waals surface area contributed by atoms with Crippen LogP contribution in [0.1, 0.15) is 55.6 Å². The first-order valence-electron chi connectivity index (χ1n) is 17.1. The second-order valence-electron chi connectivity index (χ2n) is 13.0. The number of urea groups is 2. The van der Waals surface area contributed by atoms with Crippen LogP contribution in [0.5, 0.6) is 0 Å². The zero-order valence-corrected chi connectivity index (χ0v) is 27.9. The van der Waals surface area contributed by atoms with Crippen molar-refractivity contribution in [2.45, 2.75) is 38.8 Å². The fraction of sp³-hybridized carbons (Fsp3) is 0.136. The Kier molecular flexibility index (Phi) is 9.97. The molecule has 6 heteroatoms. The molecule has 0 heterocycles. The van der Waals surface area contributed by atoms with Gasteiger partial charge in [0.05, 0.1) is 0 Å². The smallest absolute Gasteiger partial charge is 0.319 e. The van der Waals surface area contributed by atoms with E-state index >= 15 is 0 Å². The summed E-state index contributed by atoms with van der Waals surface area (Å²) >= 11 is 0. The second-order valence-corrected chi connectivity index (χ2v) is 13.0. The van der Waals surface area contributed by atoms with Crippen molar-refractivity contribution in [1.29, 1.82) is 0 Å². The van der Waals surface area contributed by atoms with Crippen molar-refractivity contribution in [2.75, 3.05) is 10.6 Å². The number of anilines is 2. The van der Waals surface area contributed by atoms with Crippen LogP contribution in [0.25, 0.3) is 0 Å². The molecule has 4 amide bonds. The highest BCUT2D eigenvalue weighted by molar-refractivity contribution is 5.90. The van der Waals surface area contributed by atoms with E-state index in [0.29, 0.717) is 13.1 Å². The van der Waals surface area contributed by atoms with Gasteiger partial charge < -0.3 is 21.3 Å². The lowest BCUT2D eigenvalue weighted by Crippen LogP contribution is -2.28. The van der Waals surface area contributed by atoms with Gasteiger partial charge in [0.1, 0.15) is 0 Å². The van der Waals surface area contributed by atoms with Gasteiger partial charge in [-0.25, -0.2) is 9.59 Å². The fourth-order valence-corrected chi connectivity index (χ4v) is 6.63. The Morgan fingerprint density at radius 1 is 0.380 bits per heavy atom. The van der Waals surface area contributed by atoms with Crippen molar-refractivity contribution in [3.05, 3.63) is 201 Å². The van der Waals surface area contributed by atoms with Gasteiger partial charge in [-0.3, -0.25) is 0 Å². The fourth-order valence-electron chi connectivity index (χ4n) is 6.63. The van der Waals surface area contributed by atoms with Crippen LogP contribution in [0.4, 0.5) is 21.0 Å². The van der Waals surface area contributed by atoms with E-state index in [1.165, 1.54) is 22.3 Å². The predicted molar refractivity (Wildman–Crippen MR) is 202 cm³/mol. The molecule has 0 fully saturated rings. The van der Waals surface area contributed by atoms with Crippen LogP contribution < -0.4 is 21.3 Å². The molecule has 0 saturated carbocycles. The minimum atomic E-state index is -0.230. The highest BCUT2D eigenvalue weighted by atomic mass is 16.2. The number of hydrogen-bond donors (Lipinski definition) is 4. The third-order valence-electron chi connectivity index (χ3n) is 8.83. The first-order valence-corrected chi connectivity index (χ1v) is 17.1. The normalized spacial score (nSPS) is 12.0. The van der Waals surface area contributed by atoms with Gasteiger partial charge in [0.2, 0.25) is 0 Å². The second kappa shape index (κ2) is 15.4. The summed E-state index contributed by atoms with van der Waals surface area (Å²) in [4.78, 5) is 25.9. The van der Waals surface area contributed by atoms with E-state index in [2.05, 4.69) is 106 Å². The Labute approximate surface area is 293 Å². The number of carbonyl (C=O) groups excluding carboxylic acids is 2. The standard InChI is InChI=1S/C44H40N4O2/c49-43(45-29-31-9-3-1-4-10-31)47-41-25-37-19-33-13-7-15-35(17-33)21-39-24-40(22-36-16-8-14-34(18-36)20-38(23-37)26-41)28-42(27-39)48-44(50)46-30-32-11-5-2-6-12-32/h1-18,23-28H,19-22,29-30H2,(H2,45,47,49)(H2,46,48,50). The van der Waals surface area contributed by atoms with Crippen molar-refractivity contribution >= 4 is 23.4 Å². The lowest BCUT2D eigenvalue weighted by molar-refractivity contribution is 0.251. The maximum absolute atomic E-state index is 12.9. The summed E-state index contributed by atoms with van der Waals surface area (Å²) in [6.07, 6.45) is 2.93. The van der Waals surface area contributed by atoms with Gasteiger partial charge in [0.15, 0.2) is 0 Å². The van der Waals surface area contributed by atoms with Crippen LogP contribution in [0, 0.1) is 0 Å². The van der Waals surface area contributed by atoms with Crippen molar-refractivity contribution in [3.8, 4) is 0 Å². The monoisotopic (exact) mass is 656 g/mol. The summed E-state index contributed by atoms with van der Waals surface area (Å²) in [5, 5.41) is 12.1. The molecule has 0 saturated heterocycles. The summed E-state index contributed by atoms with van der Waals surface area (Å²) in [5.41, 5.74) is 13.0. The van der Waals surface area contributed by atoms with Gasteiger partial charge in [0.25, 0.3) is 0 Å². The Hall–Kier alpha value is -6.14. The summed E-state index contributed by atoms with van der Waals surface area (Å²) in [5.74, 6) is 0. The minimum absolute atomic E-state index is 0.230. The predicted octanol–water partition coefficient (Wildman–Crippen LogP) is 9.01. The molecule has 1 aliphatic rings. The van der Waals surface area contributed by atoms with Gasteiger partial charge in [-0.05, 0) is 106 Å². The van der Waals surface area contributed by atoms with Gasteiger partial charge in [-0.2, -0.15) is 0 Å². The minimum Gasteiger partial charge on any atom is -0.334 e. The lowest BCUT2D eigenvalue weighted by atomic mass is 9.93. The largest absolute Gasteiger partial charge is 0.334 e. The molecule has 0 unspecified atom stereocenters. The topological polar surface area (TPSA) is 82.3 Å². The Morgan fingerprint density at radius 2 is 0.700 bits per heavy atom. The Balaban J connectivity index is 1.15. The number of benzene rings is 6. The van der Waals surface area contributed by atoms with Gasteiger partial charge in [-0.15, -0.1) is 0 Å². The van der Waals surface area contributed by atoms with E-state index in [-0.39, 0.29) is 12.1 Å². The number of nitrogens with one attached hydrogen (secondary N) is 4. The molecule has 7 rings (SSSR count). The molecular formula is C44H40N4O2. The summed E-state index contributed by atoms with van der Waals surface area (Å²) in [6, 6.07) is 49.5. The quantitative estimate of drug-likeness (QED) is 0.144. The molecule has 50 heavy (non-hydrogen) atoms. The van der Waals surface area contributed by atoms with E-state index in [0.717, 1.165) is 70.4 Å². The maximum atomic E-state index is 12.9. The number of fused-ring (bicyclic) bond motifs is 8. The van der Waals surface area contributed by atoms with Crippen LogP contribution in [-0.4, -0.2) is 12.1 Å². The maximum Gasteiger partial charge on any atom is 0.319 e. The number of rotatable bonds is 6. The molecule has 0 atom stereocenters. The van der Waals surface area contributed by atoms with Crippen molar-refractivity contribution in [1.82, 2.24) is 10.6 Å². The lowest BCUT2D eigenvalue weighted by Gasteiger charge is -2.15. The summed E-state index contributed by atoms with van der Waals surface area (Å²) < 4.78 is 0. The molecular weight excluding hydrogens is 617 g/mol. The van der Waals surface area contributed by atoms with Crippen LogP contribution in [0.15, 0.2) is 146 Å². The SMILES string of the molecule is O=C(NCc1ccccc1)Nc1cc2cc(c1)Cc1cccc(c1)Cc1cc(cc(NC(=O)NCc3ccccc3)c1)Cc1cccc(c1)C2. The van der Waals surface area contributed by atoms with E-state index < -0.39 is 0 Å². The van der Waals surface area contributed by atoms with Crippen LogP contribution in [0.3, 0.4) is 0 Å². The Bertz CT molecular complexity index is 1880. The average molecular weight is 657 g/mol. The van der Waals surface area contributed by atoms with Gasteiger partial charge in [0, 0.05) is 24.5 Å². The van der Waals surface area contributed by atoms with Crippen LogP contribution in [0.2, 0.25) is 0 Å². The zero-order valence-electron chi connectivity index (χ0n) is 27.9. The zero-order chi connectivity index (χ0) is 34.1. The highest BCUT2D eigenvalue weighted by Crippen LogP contribution is 2.25. The first kappa shape index (κ1) is 32.4. The van der Waals surface area contributed by atoms with Gasteiger partial charge >= 0.3 is 12.1 Å². The molecule has 6 nitrogen and oxygen atoms in total. The van der Waals surface area contributed by atoms with E-state index in [1.807, 2.05) is 60.7 Å². The van der Waals surface area contributed by atoms with Crippen molar-refractivity contribution in [3.63, 3.8) is 0 Å². The number of amides is 4. The molecule has 0 aliphatic heterocycles.